The van der Waals surface area contributed by atoms with Crippen LogP contribution in [0.2, 0.25) is 0 Å². The van der Waals surface area contributed by atoms with Crippen molar-refractivity contribution in [3.63, 3.8) is 0 Å². The molecule has 25 heavy (non-hydrogen) atoms. The summed E-state index contributed by atoms with van der Waals surface area (Å²) in [7, 11) is 0. The van der Waals surface area contributed by atoms with Gasteiger partial charge in [0, 0.05) is 19.5 Å². The standard InChI is InChI=1S/C19H25N3O3/c1-13(14-6-8-20-9-7-14)12-17(23)21-10-11-22-18(24)15-4-2-3-5-16(15)19(22)25/h2-5,13-14,20H,6-12H2,1H3,(H,21,23). The quantitative estimate of drug-likeness (QED) is 0.766. The van der Waals surface area contributed by atoms with Crippen molar-refractivity contribution in [2.24, 2.45) is 11.8 Å². The number of hydrogen-bond donors (Lipinski definition) is 2. The zero-order valence-corrected chi connectivity index (χ0v) is 14.6. The number of amides is 3. The normalized spacial score (nSPS) is 19.0. The van der Waals surface area contributed by atoms with Crippen molar-refractivity contribution in [1.82, 2.24) is 15.5 Å². The molecule has 0 bridgehead atoms. The summed E-state index contributed by atoms with van der Waals surface area (Å²) in [6.07, 6.45) is 2.72. The Morgan fingerprint density at radius 2 is 1.80 bits per heavy atom. The first-order chi connectivity index (χ1) is 12.1. The molecule has 2 aliphatic rings. The number of fused-ring (bicyclic) bond motifs is 1. The SMILES string of the molecule is CC(CC(=O)NCCN1C(=O)c2ccccc2C1=O)C1CCNCC1. The number of nitrogens with one attached hydrogen (secondary N) is 2. The Kier molecular flexibility index (Phi) is 5.48. The smallest absolute Gasteiger partial charge is 0.261 e. The lowest BCUT2D eigenvalue weighted by Crippen LogP contribution is -2.39. The van der Waals surface area contributed by atoms with Crippen molar-refractivity contribution in [1.29, 1.82) is 0 Å². The lowest BCUT2D eigenvalue weighted by Gasteiger charge is -2.28. The van der Waals surface area contributed by atoms with Gasteiger partial charge >= 0.3 is 0 Å². The molecule has 0 aliphatic carbocycles. The molecule has 0 aromatic heterocycles. The molecule has 0 spiro atoms. The summed E-state index contributed by atoms with van der Waals surface area (Å²) in [6.45, 7) is 4.68. The third-order valence-electron chi connectivity index (χ3n) is 5.23. The maximum Gasteiger partial charge on any atom is 0.261 e. The molecule has 1 atom stereocenters. The van der Waals surface area contributed by atoms with Crippen LogP contribution >= 0.6 is 0 Å². The van der Waals surface area contributed by atoms with E-state index >= 15 is 0 Å². The van der Waals surface area contributed by atoms with Crippen LogP contribution in [0.3, 0.4) is 0 Å². The molecule has 0 saturated carbocycles. The molecule has 2 aliphatic heterocycles. The molecule has 2 heterocycles. The van der Waals surface area contributed by atoms with Gasteiger partial charge in [-0.15, -0.1) is 0 Å². The van der Waals surface area contributed by atoms with Crippen molar-refractivity contribution < 1.29 is 14.4 Å². The van der Waals surface area contributed by atoms with E-state index < -0.39 is 0 Å². The molecule has 0 radical (unpaired) electrons. The van der Waals surface area contributed by atoms with E-state index in [0.717, 1.165) is 25.9 Å². The van der Waals surface area contributed by atoms with Gasteiger partial charge in [0.1, 0.15) is 0 Å². The molecule has 3 rings (SSSR count). The number of hydrogen-bond acceptors (Lipinski definition) is 4. The maximum atomic E-state index is 12.3. The van der Waals surface area contributed by atoms with Gasteiger partial charge in [-0.25, -0.2) is 0 Å². The number of piperidine rings is 1. The van der Waals surface area contributed by atoms with E-state index in [0.29, 0.717) is 35.9 Å². The van der Waals surface area contributed by atoms with E-state index in [9.17, 15) is 14.4 Å². The molecule has 1 fully saturated rings. The van der Waals surface area contributed by atoms with Gasteiger partial charge in [0.05, 0.1) is 11.1 Å². The Balaban J connectivity index is 1.44. The van der Waals surface area contributed by atoms with Crippen LogP contribution in [0.15, 0.2) is 24.3 Å². The van der Waals surface area contributed by atoms with Crippen molar-refractivity contribution >= 4 is 17.7 Å². The Morgan fingerprint density at radius 3 is 2.40 bits per heavy atom. The second-order valence-corrected chi connectivity index (χ2v) is 6.93. The van der Waals surface area contributed by atoms with Crippen LogP contribution in [0.1, 0.15) is 46.9 Å². The Hall–Kier alpha value is -2.21. The molecule has 1 aromatic rings. The summed E-state index contributed by atoms with van der Waals surface area (Å²) >= 11 is 0. The van der Waals surface area contributed by atoms with Crippen LogP contribution in [0.5, 0.6) is 0 Å². The van der Waals surface area contributed by atoms with E-state index in [-0.39, 0.29) is 24.3 Å². The number of imide groups is 1. The van der Waals surface area contributed by atoms with Gasteiger partial charge in [-0.1, -0.05) is 19.1 Å². The summed E-state index contributed by atoms with van der Waals surface area (Å²) in [5.41, 5.74) is 0.886. The highest BCUT2D eigenvalue weighted by molar-refractivity contribution is 6.21. The van der Waals surface area contributed by atoms with Crippen LogP contribution < -0.4 is 10.6 Å². The van der Waals surface area contributed by atoms with E-state index in [4.69, 9.17) is 0 Å². The maximum absolute atomic E-state index is 12.3. The lowest BCUT2D eigenvalue weighted by atomic mass is 9.84. The molecular weight excluding hydrogens is 318 g/mol. The fourth-order valence-electron chi connectivity index (χ4n) is 3.69. The van der Waals surface area contributed by atoms with E-state index in [1.807, 2.05) is 0 Å². The number of carbonyl (C=O) groups is 3. The molecule has 3 amide bonds. The third kappa shape index (κ3) is 3.90. The van der Waals surface area contributed by atoms with Crippen LogP contribution in [-0.4, -0.2) is 48.8 Å². The molecule has 6 nitrogen and oxygen atoms in total. The first kappa shape index (κ1) is 17.6. The zero-order chi connectivity index (χ0) is 17.8. The Morgan fingerprint density at radius 1 is 1.20 bits per heavy atom. The van der Waals surface area contributed by atoms with Crippen LogP contribution in [0.25, 0.3) is 0 Å². The molecular formula is C19H25N3O3. The summed E-state index contributed by atoms with van der Waals surface area (Å²) < 4.78 is 0. The van der Waals surface area contributed by atoms with Crippen molar-refractivity contribution in [3.8, 4) is 0 Å². The number of rotatable bonds is 6. The predicted octanol–water partition coefficient (Wildman–Crippen LogP) is 1.42. The van der Waals surface area contributed by atoms with E-state index in [1.165, 1.54) is 4.90 Å². The highest BCUT2D eigenvalue weighted by atomic mass is 16.2. The van der Waals surface area contributed by atoms with E-state index in [2.05, 4.69) is 17.6 Å². The second kappa shape index (κ2) is 7.78. The minimum Gasteiger partial charge on any atom is -0.354 e. The van der Waals surface area contributed by atoms with Gasteiger partial charge in [0.15, 0.2) is 0 Å². The summed E-state index contributed by atoms with van der Waals surface area (Å²) in [4.78, 5) is 37.9. The fraction of sp³-hybridized carbons (Fsp3) is 0.526. The highest BCUT2D eigenvalue weighted by Gasteiger charge is 2.34. The molecule has 134 valence electrons. The predicted molar refractivity (Wildman–Crippen MR) is 94.2 cm³/mol. The van der Waals surface area contributed by atoms with Crippen LogP contribution in [0.4, 0.5) is 0 Å². The molecule has 1 saturated heterocycles. The van der Waals surface area contributed by atoms with Gasteiger partial charge in [-0.05, 0) is 49.9 Å². The van der Waals surface area contributed by atoms with Gasteiger partial charge in [-0.2, -0.15) is 0 Å². The summed E-state index contributed by atoms with van der Waals surface area (Å²) in [5.74, 6) is 0.364. The largest absolute Gasteiger partial charge is 0.354 e. The van der Waals surface area contributed by atoms with Crippen LogP contribution in [0, 0.1) is 11.8 Å². The number of carbonyl (C=O) groups excluding carboxylic acids is 3. The lowest BCUT2D eigenvalue weighted by molar-refractivity contribution is -0.122. The van der Waals surface area contributed by atoms with Crippen molar-refractivity contribution in [2.75, 3.05) is 26.2 Å². The molecule has 6 heteroatoms. The summed E-state index contributed by atoms with van der Waals surface area (Å²) in [5, 5.41) is 6.18. The van der Waals surface area contributed by atoms with Crippen molar-refractivity contribution in [3.05, 3.63) is 35.4 Å². The average molecular weight is 343 g/mol. The minimum atomic E-state index is -0.280. The van der Waals surface area contributed by atoms with Crippen LogP contribution in [-0.2, 0) is 4.79 Å². The molecule has 2 N–H and O–H groups in total. The van der Waals surface area contributed by atoms with Gasteiger partial charge < -0.3 is 10.6 Å². The number of benzene rings is 1. The highest BCUT2D eigenvalue weighted by Crippen LogP contribution is 2.24. The first-order valence-electron chi connectivity index (χ1n) is 9.00. The monoisotopic (exact) mass is 343 g/mol. The zero-order valence-electron chi connectivity index (χ0n) is 14.6. The topological polar surface area (TPSA) is 78.5 Å². The number of nitrogens with zero attached hydrogens (tertiary/aromatic N) is 1. The molecule has 1 unspecified atom stereocenters. The minimum absolute atomic E-state index is 0.0114. The van der Waals surface area contributed by atoms with Gasteiger partial charge in [0.2, 0.25) is 5.91 Å². The Bertz CT molecular complexity index is 633. The summed E-state index contributed by atoms with van der Waals surface area (Å²) in [6, 6.07) is 6.82. The second-order valence-electron chi connectivity index (χ2n) is 6.93. The fourth-order valence-corrected chi connectivity index (χ4v) is 3.69. The van der Waals surface area contributed by atoms with E-state index in [1.54, 1.807) is 24.3 Å². The first-order valence-corrected chi connectivity index (χ1v) is 9.00. The average Bonchev–Trinajstić information content (AvgIpc) is 2.87. The Labute approximate surface area is 148 Å². The third-order valence-corrected chi connectivity index (χ3v) is 5.23. The van der Waals surface area contributed by atoms with Gasteiger partial charge in [-0.3, -0.25) is 19.3 Å². The molecule has 1 aromatic carbocycles. The van der Waals surface area contributed by atoms with Crippen molar-refractivity contribution in [2.45, 2.75) is 26.2 Å². The van der Waals surface area contributed by atoms with Gasteiger partial charge in [0.25, 0.3) is 11.8 Å².